The molecule has 24 heavy (non-hydrogen) atoms. The van der Waals surface area contributed by atoms with Gasteiger partial charge in [-0.2, -0.15) is 0 Å². The SMILES string of the molecule is CNC(=O)[C@@H]1COC2(CN(C(=O)c3cc4c(s3)CCC4)C2)CN1C. The van der Waals surface area contributed by atoms with Crippen molar-refractivity contribution in [2.45, 2.75) is 30.9 Å². The van der Waals surface area contributed by atoms with Gasteiger partial charge in [-0.25, -0.2) is 0 Å². The van der Waals surface area contributed by atoms with E-state index in [0.717, 1.165) is 17.7 Å². The molecule has 3 heterocycles. The van der Waals surface area contributed by atoms with E-state index < -0.39 is 0 Å². The number of morpholine rings is 1. The Morgan fingerprint density at radius 2 is 2.12 bits per heavy atom. The Bertz CT molecular complexity index is 659. The van der Waals surface area contributed by atoms with Gasteiger partial charge in [0.1, 0.15) is 11.6 Å². The van der Waals surface area contributed by atoms with Gasteiger partial charge >= 0.3 is 0 Å². The molecule has 1 aliphatic carbocycles. The number of hydrogen-bond donors (Lipinski definition) is 1. The van der Waals surface area contributed by atoms with Gasteiger partial charge in [0.25, 0.3) is 5.91 Å². The van der Waals surface area contributed by atoms with Crippen LogP contribution in [0.25, 0.3) is 0 Å². The quantitative estimate of drug-likeness (QED) is 0.845. The molecule has 0 saturated carbocycles. The number of thiophene rings is 1. The molecule has 2 aliphatic heterocycles. The third kappa shape index (κ3) is 2.55. The van der Waals surface area contributed by atoms with Crippen LogP contribution < -0.4 is 5.32 Å². The van der Waals surface area contributed by atoms with Gasteiger partial charge < -0.3 is 15.0 Å². The number of hydrogen-bond acceptors (Lipinski definition) is 5. The maximum absolute atomic E-state index is 12.7. The van der Waals surface area contributed by atoms with Crippen molar-refractivity contribution in [3.63, 3.8) is 0 Å². The lowest BCUT2D eigenvalue weighted by atomic mass is 9.90. The molecule has 0 aromatic carbocycles. The van der Waals surface area contributed by atoms with E-state index in [2.05, 4.69) is 11.4 Å². The number of rotatable bonds is 2. The van der Waals surface area contributed by atoms with Gasteiger partial charge in [0, 0.05) is 18.5 Å². The van der Waals surface area contributed by atoms with Crippen LogP contribution >= 0.6 is 11.3 Å². The Morgan fingerprint density at radius 3 is 2.79 bits per heavy atom. The summed E-state index contributed by atoms with van der Waals surface area (Å²) in [6, 6.07) is 1.83. The number of aryl methyl sites for hydroxylation is 2. The van der Waals surface area contributed by atoms with Crippen molar-refractivity contribution in [2.75, 3.05) is 40.3 Å². The lowest BCUT2D eigenvalue weighted by molar-refractivity contribution is -0.187. The van der Waals surface area contributed by atoms with Gasteiger partial charge in [-0.15, -0.1) is 11.3 Å². The van der Waals surface area contributed by atoms with Crippen molar-refractivity contribution in [1.82, 2.24) is 15.1 Å². The summed E-state index contributed by atoms with van der Waals surface area (Å²) >= 11 is 1.66. The molecule has 6 nitrogen and oxygen atoms in total. The number of fused-ring (bicyclic) bond motifs is 1. The molecule has 1 aromatic rings. The molecule has 1 N–H and O–H groups in total. The largest absolute Gasteiger partial charge is 0.368 e. The maximum atomic E-state index is 12.7. The molecule has 3 aliphatic rings. The zero-order chi connectivity index (χ0) is 16.9. The third-order valence-corrected chi connectivity index (χ3v) is 6.59. The van der Waals surface area contributed by atoms with Crippen LogP contribution in [0.15, 0.2) is 6.07 Å². The Morgan fingerprint density at radius 1 is 1.33 bits per heavy atom. The van der Waals surface area contributed by atoms with Crippen LogP contribution in [0, 0.1) is 0 Å². The highest BCUT2D eigenvalue weighted by Crippen LogP contribution is 2.35. The molecule has 1 spiro atoms. The predicted octanol–water partition coefficient (Wildman–Crippen LogP) is 0.508. The number of ether oxygens (including phenoxy) is 1. The molecule has 1 atom stereocenters. The second-order valence-corrected chi connectivity index (χ2v) is 8.25. The van der Waals surface area contributed by atoms with Gasteiger partial charge in [0.2, 0.25) is 5.91 Å². The van der Waals surface area contributed by atoms with E-state index in [4.69, 9.17) is 4.74 Å². The summed E-state index contributed by atoms with van der Waals surface area (Å²) in [5.41, 5.74) is 1.05. The van der Waals surface area contributed by atoms with E-state index in [1.54, 1.807) is 18.4 Å². The summed E-state index contributed by atoms with van der Waals surface area (Å²) in [5.74, 6) is 0.104. The molecular formula is C17H23N3O3S. The minimum absolute atomic E-state index is 0.0206. The van der Waals surface area contributed by atoms with E-state index in [-0.39, 0.29) is 23.5 Å². The highest BCUT2D eigenvalue weighted by atomic mass is 32.1. The fourth-order valence-corrected chi connectivity index (χ4v) is 5.23. The molecule has 2 amide bonds. The summed E-state index contributed by atoms with van der Waals surface area (Å²) in [7, 11) is 3.58. The summed E-state index contributed by atoms with van der Waals surface area (Å²) < 4.78 is 5.99. The Balaban J connectivity index is 1.37. The average Bonchev–Trinajstić information content (AvgIpc) is 3.12. The minimum Gasteiger partial charge on any atom is -0.368 e. The summed E-state index contributed by atoms with van der Waals surface area (Å²) in [5, 5.41) is 2.67. The number of likely N-dealkylation sites (N-methyl/N-ethyl adjacent to an activating group) is 2. The number of carbonyl (C=O) groups excluding carboxylic acids is 2. The number of carbonyl (C=O) groups is 2. The summed E-state index contributed by atoms with van der Waals surface area (Å²) in [6.45, 7) is 2.28. The van der Waals surface area contributed by atoms with E-state index in [1.165, 1.54) is 16.9 Å². The molecule has 0 bridgehead atoms. The first-order chi connectivity index (χ1) is 11.5. The highest BCUT2D eigenvalue weighted by molar-refractivity contribution is 7.14. The van der Waals surface area contributed by atoms with Gasteiger partial charge in [0.15, 0.2) is 0 Å². The number of likely N-dealkylation sites (tertiary alicyclic amines) is 1. The fraction of sp³-hybridized carbons (Fsp3) is 0.647. The molecular weight excluding hydrogens is 326 g/mol. The van der Waals surface area contributed by atoms with Crippen molar-refractivity contribution in [2.24, 2.45) is 0 Å². The Kier molecular flexibility index (Phi) is 3.89. The van der Waals surface area contributed by atoms with E-state index >= 15 is 0 Å². The first-order valence-electron chi connectivity index (χ1n) is 8.48. The van der Waals surface area contributed by atoms with Crippen LogP contribution in [0.1, 0.15) is 26.5 Å². The van der Waals surface area contributed by atoms with Crippen LogP contribution in [-0.4, -0.2) is 73.6 Å². The second kappa shape index (κ2) is 5.82. The topological polar surface area (TPSA) is 61.9 Å². The first-order valence-corrected chi connectivity index (χ1v) is 9.30. The molecule has 2 saturated heterocycles. The molecule has 4 rings (SSSR count). The van der Waals surface area contributed by atoms with Gasteiger partial charge in [0.05, 0.1) is 24.6 Å². The van der Waals surface area contributed by atoms with Crippen LogP contribution in [0.4, 0.5) is 0 Å². The lowest BCUT2D eigenvalue weighted by Gasteiger charge is -2.54. The number of nitrogens with zero attached hydrogens (tertiary/aromatic N) is 2. The third-order valence-electron chi connectivity index (χ3n) is 5.37. The van der Waals surface area contributed by atoms with Crippen LogP contribution in [0.3, 0.4) is 0 Å². The summed E-state index contributed by atoms with van der Waals surface area (Å²) in [6.07, 6.45) is 3.44. The van der Waals surface area contributed by atoms with Gasteiger partial charge in [-0.05, 0) is 37.9 Å². The van der Waals surface area contributed by atoms with Gasteiger partial charge in [-0.1, -0.05) is 0 Å². The average molecular weight is 349 g/mol. The molecule has 1 aromatic heterocycles. The van der Waals surface area contributed by atoms with Crippen LogP contribution in [0.5, 0.6) is 0 Å². The van der Waals surface area contributed by atoms with E-state index in [0.29, 0.717) is 26.2 Å². The molecule has 7 heteroatoms. The summed E-state index contributed by atoms with van der Waals surface area (Å²) in [4.78, 5) is 30.6. The van der Waals surface area contributed by atoms with Crippen molar-refractivity contribution in [3.8, 4) is 0 Å². The highest BCUT2D eigenvalue weighted by Gasteiger charge is 2.51. The zero-order valence-electron chi connectivity index (χ0n) is 14.1. The maximum Gasteiger partial charge on any atom is 0.264 e. The van der Waals surface area contributed by atoms with Crippen molar-refractivity contribution in [3.05, 3.63) is 21.4 Å². The van der Waals surface area contributed by atoms with E-state index in [9.17, 15) is 9.59 Å². The molecule has 130 valence electrons. The second-order valence-electron chi connectivity index (χ2n) is 7.11. The van der Waals surface area contributed by atoms with Crippen LogP contribution in [-0.2, 0) is 22.4 Å². The predicted molar refractivity (Wildman–Crippen MR) is 91.4 cm³/mol. The van der Waals surface area contributed by atoms with Crippen molar-refractivity contribution in [1.29, 1.82) is 0 Å². The Labute approximate surface area is 145 Å². The molecule has 0 unspecified atom stereocenters. The number of nitrogens with one attached hydrogen (secondary N) is 1. The van der Waals surface area contributed by atoms with Crippen molar-refractivity contribution >= 4 is 23.2 Å². The lowest BCUT2D eigenvalue weighted by Crippen LogP contribution is -2.73. The normalized spacial score (nSPS) is 25.4. The standard InChI is InChI=1S/C17H23N3O3S/c1-18-15(21)12-7-23-17(8-19(12)2)9-20(10-17)16(22)14-6-11-4-3-5-13(11)24-14/h6,12H,3-5,7-10H2,1-2H3,(H,18,21)/t12-/m0/s1. The molecule has 2 fully saturated rings. The minimum atomic E-state index is -0.311. The van der Waals surface area contributed by atoms with Crippen LogP contribution in [0.2, 0.25) is 0 Å². The Hall–Kier alpha value is -1.44. The fourth-order valence-electron chi connectivity index (χ4n) is 4.01. The smallest absolute Gasteiger partial charge is 0.264 e. The monoisotopic (exact) mass is 349 g/mol. The number of amides is 2. The van der Waals surface area contributed by atoms with Crippen molar-refractivity contribution < 1.29 is 14.3 Å². The molecule has 0 radical (unpaired) electrons. The van der Waals surface area contributed by atoms with E-state index in [1.807, 2.05) is 16.8 Å². The first kappa shape index (κ1) is 16.1. The zero-order valence-corrected chi connectivity index (χ0v) is 14.9. The van der Waals surface area contributed by atoms with Gasteiger partial charge in [-0.3, -0.25) is 14.5 Å².